The molecule has 192 valence electrons. The minimum atomic E-state index is 1.16. The van der Waals surface area contributed by atoms with Gasteiger partial charge in [0, 0.05) is 50.0 Å². The number of aromatic nitrogens is 3. The van der Waals surface area contributed by atoms with E-state index in [0.29, 0.717) is 0 Å². The van der Waals surface area contributed by atoms with Gasteiger partial charge in [-0.05, 0) is 77.9 Å². The Labute approximate surface area is 236 Å². The van der Waals surface area contributed by atoms with Gasteiger partial charge in [-0.25, -0.2) is 0 Å². The number of hydrogen-bond acceptors (Lipinski definition) is 0. The van der Waals surface area contributed by atoms with E-state index in [1.165, 1.54) is 71.5 Å². The molecule has 0 saturated heterocycles. The van der Waals surface area contributed by atoms with E-state index in [1.54, 1.807) is 0 Å². The third-order valence-corrected chi connectivity index (χ3v) is 8.50. The molecule has 0 bridgehead atoms. The fourth-order valence-corrected chi connectivity index (χ4v) is 6.59. The number of nitrogens with zero attached hydrogens (tertiary/aromatic N) is 2. The van der Waals surface area contributed by atoms with E-state index in [4.69, 9.17) is 0 Å². The highest BCUT2D eigenvalue weighted by atomic mass is 15.0. The molecule has 0 fully saturated rings. The summed E-state index contributed by atoms with van der Waals surface area (Å²) in [6.45, 7) is 0. The maximum Gasteiger partial charge on any atom is 0.0560 e. The first kappa shape index (κ1) is 22.3. The smallest absolute Gasteiger partial charge is 0.0560 e. The first-order chi connectivity index (χ1) is 20.3. The van der Waals surface area contributed by atoms with E-state index in [2.05, 4.69) is 160 Å². The van der Waals surface area contributed by atoms with E-state index < -0.39 is 0 Å². The van der Waals surface area contributed by atoms with E-state index >= 15 is 0 Å². The standard InChI is InChI=1S/C38H25N3/c1-3-9-27(10-4-1)40-22-21-31-35(40)20-17-30-32-23-25(15-18-34(32)39-38(30)31)26-16-19-37-33(24-26)29-13-7-8-14-36(29)41(37)28-11-5-2-6-12-28/h1-24,39H. The summed E-state index contributed by atoms with van der Waals surface area (Å²) in [5, 5.41) is 6.27. The second-order valence-electron chi connectivity index (χ2n) is 10.7. The molecule has 9 aromatic rings. The molecule has 0 aliphatic carbocycles. The van der Waals surface area contributed by atoms with Gasteiger partial charge < -0.3 is 14.1 Å². The van der Waals surface area contributed by atoms with E-state index in [-0.39, 0.29) is 0 Å². The highest BCUT2D eigenvalue weighted by Gasteiger charge is 2.15. The fourth-order valence-electron chi connectivity index (χ4n) is 6.59. The molecule has 0 amide bonds. The molecule has 0 spiro atoms. The predicted molar refractivity (Wildman–Crippen MR) is 172 cm³/mol. The van der Waals surface area contributed by atoms with Gasteiger partial charge in [0.2, 0.25) is 0 Å². The Morgan fingerprint density at radius 1 is 0.415 bits per heavy atom. The van der Waals surface area contributed by atoms with Crippen molar-refractivity contribution in [3.05, 3.63) is 146 Å². The predicted octanol–water partition coefficient (Wildman–Crippen LogP) is 10.0. The van der Waals surface area contributed by atoms with Crippen molar-refractivity contribution in [1.29, 1.82) is 0 Å². The second-order valence-corrected chi connectivity index (χ2v) is 10.7. The van der Waals surface area contributed by atoms with Crippen LogP contribution in [0.5, 0.6) is 0 Å². The van der Waals surface area contributed by atoms with Crippen LogP contribution in [-0.4, -0.2) is 14.1 Å². The van der Waals surface area contributed by atoms with E-state index in [0.717, 1.165) is 5.52 Å². The van der Waals surface area contributed by atoms with Crippen molar-refractivity contribution in [2.45, 2.75) is 0 Å². The molecular formula is C38H25N3. The van der Waals surface area contributed by atoms with Crippen LogP contribution in [-0.2, 0) is 0 Å². The molecule has 0 radical (unpaired) electrons. The quantitative estimate of drug-likeness (QED) is 0.238. The summed E-state index contributed by atoms with van der Waals surface area (Å²) in [7, 11) is 0. The minimum Gasteiger partial charge on any atom is -0.354 e. The van der Waals surface area contributed by atoms with Gasteiger partial charge in [-0.1, -0.05) is 72.8 Å². The lowest BCUT2D eigenvalue weighted by atomic mass is 10.0. The molecule has 9 rings (SSSR count). The highest BCUT2D eigenvalue weighted by Crippen LogP contribution is 2.38. The van der Waals surface area contributed by atoms with Crippen LogP contribution in [0.25, 0.3) is 77.0 Å². The van der Waals surface area contributed by atoms with Crippen molar-refractivity contribution >= 4 is 54.5 Å². The number of hydrogen-bond donors (Lipinski definition) is 1. The lowest BCUT2D eigenvalue weighted by molar-refractivity contribution is 1.13. The van der Waals surface area contributed by atoms with Crippen molar-refractivity contribution in [2.75, 3.05) is 0 Å². The molecule has 3 nitrogen and oxygen atoms in total. The van der Waals surface area contributed by atoms with Gasteiger partial charge in [0.05, 0.1) is 22.1 Å². The summed E-state index contributed by atoms with van der Waals surface area (Å²) in [4.78, 5) is 3.72. The number of benzene rings is 6. The average molecular weight is 524 g/mol. The molecule has 0 unspecified atom stereocenters. The van der Waals surface area contributed by atoms with Crippen LogP contribution in [0.1, 0.15) is 0 Å². The summed E-state index contributed by atoms with van der Waals surface area (Å²) < 4.78 is 4.62. The summed E-state index contributed by atoms with van der Waals surface area (Å²) in [5.41, 5.74) is 10.8. The first-order valence-electron chi connectivity index (χ1n) is 14.0. The van der Waals surface area contributed by atoms with Crippen LogP contribution in [0.3, 0.4) is 0 Å². The zero-order chi connectivity index (χ0) is 26.9. The molecule has 3 heteroatoms. The van der Waals surface area contributed by atoms with E-state index in [9.17, 15) is 0 Å². The molecule has 0 aliphatic rings. The van der Waals surface area contributed by atoms with Crippen LogP contribution in [0.4, 0.5) is 0 Å². The zero-order valence-corrected chi connectivity index (χ0v) is 22.3. The molecule has 0 saturated carbocycles. The summed E-state index contributed by atoms with van der Waals surface area (Å²) in [5.74, 6) is 0. The van der Waals surface area contributed by atoms with Gasteiger partial charge in [-0.3, -0.25) is 0 Å². The van der Waals surface area contributed by atoms with Crippen LogP contribution in [0.15, 0.2) is 146 Å². The van der Waals surface area contributed by atoms with Gasteiger partial charge in [0.25, 0.3) is 0 Å². The summed E-state index contributed by atoms with van der Waals surface area (Å²) in [6, 6.07) is 50.3. The Morgan fingerprint density at radius 2 is 1.07 bits per heavy atom. The van der Waals surface area contributed by atoms with Crippen LogP contribution in [0, 0.1) is 0 Å². The van der Waals surface area contributed by atoms with Crippen LogP contribution < -0.4 is 0 Å². The molecule has 3 heterocycles. The molecule has 1 N–H and O–H groups in total. The van der Waals surface area contributed by atoms with Gasteiger partial charge in [-0.2, -0.15) is 0 Å². The zero-order valence-electron chi connectivity index (χ0n) is 22.3. The number of para-hydroxylation sites is 3. The second kappa shape index (κ2) is 8.48. The lowest BCUT2D eigenvalue weighted by Gasteiger charge is -2.08. The Kier molecular flexibility index (Phi) is 4.61. The number of nitrogens with one attached hydrogen (secondary N) is 1. The highest BCUT2D eigenvalue weighted by molar-refractivity contribution is 6.17. The van der Waals surface area contributed by atoms with Crippen molar-refractivity contribution < 1.29 is 0 Å². The first-order valence-corrected chi connectivity index (χ1v) is 14.0. The van der Waals surface area contributed by atoms with E-state index in [1.807, 2.05) is 0 Å². The maximum atomic E-state index is 3.72. The SMILES string of the molecule is c1ccc(-n2ccc3c4[nH]c5ccc(-c6ccc7c(c6)c6ccccc6n7-c6ccccc6)cc5c4ccc32)cc1. The van der Waals surface area contributed by atoms with Crippen LogP contribution >= 0.6 is 0 Å². The average Bonchev–Trinajstić information content (AvgIpc) is 3.73. The number of aromatic amines is 1. The summed E-state index contributed by atoms with van der Waals surface area (Å²) in [6.07, 6.45) is 2.16. The molecular weight excluding hydrogens is 498 g/mol. The maximum absolute atomic E-state index is 3.72. The number of fused-ring (bicyclic) bond motifs is 8. The van der Waals surface area contributed by atoms with Gasteiger partial charge in [-0.15, -0.1) is 0 Å². The molecule has 3 aromatic heterocycles. The van der Waals surface area contributed by atoms with Crippen molar-refractivity contribution in [2.24, 2.45) is 0 Å². The van der Waals surface area contributed by atoms with Crippen molar-refractivity contribution in [3.63, 3.8) is 0 Å². The van der Waals surface area contributed by atoms with Crippen LogP contribution in [0.2, 0.25) is 0 Å². The lowest BCUT2D eigenvalue weighted by Crippen LogP contribution is -1.92. The number of H-pyrrole nitrogens is 1. The third kappa shape index (κ3) is 3.26. The third-order valence-electron chi connectivity index (χ3n) is 8.50. The van der Waals surface area contributed by atoms with Gasteiger partial charge in [0.15, 0.2) is 0 Å². The Hall–Kier alpha value is -5.54. The Morgan fingerprint density at radius 3 is 1.90 bits per heavy atom. The van der Waals surface area contributed by atoms with Crippen molar-refractivity contribution in [3.8, 4) is 22.5 Å². The summed E-state index contributed by atoms with van der Waals surface area (Å²) >= 11 is 0. The monoisotopic (exact) mass is 523 g/mol. The normalized spacial score (nSPS) is 11.9. The molecule has 41 heavy (non-hydrogen) atoms. The molecule has 0 aliphatic heterocycles. The van der Waals surface area contributed by atoms with Gasteiger partial charge in [0.1, 0.15) is 0 Å². The molecule has 0 atom stereocenters. The Balaban J connectivity index is 1.22. The van der Waals surface area contributed by atoms with Gasteiger partial charge >= 0.3 is 0 Å². The topological polar surface area (TPSA) is 25.6 Å². The fraction of sp³-hybridized carbons (Fsp3) is 0. The largest absolute Gasteiger partial charge is 0.354 e. The molecule has 6 aromatic carbocycles. The number of rotatable bonds is 3. The van der Waals surface area contributed by atoms with Crippen molar-refractivity contribution in [1.82, 2.24) is 14.1 Å². The Bertz CT molecular complexity index is 2400. The minimum absolute atomic E-state index is 1.16.